The number of rotatable bonds is 1. The molecule has 0 aliphatic rings. The molecule has 20 heavy (non-hydrogen) atoms. The summed E-state index contributed by atoms with van der Waals surface area (Å²) in [5, 5.41) is 3.99. The van der Waals surface area contributed by atoms with E-state index in [1.807, 2.05) is 0 Å². The minimum absolute atomic E-state index is 0.0227. The highest BCUT2D eigenvalue weighted by molar-refractivity contribution is 9.10. The highest BCUT2D eigenvalue weighted by Crippen LogP contribution is 2.37. The Morgan fingerprint density at radius 3 is 2.65 bits per heavy atom. The van der Waals surface area contributed by atoms with Gasteiger partial charge >= 0.3 is 6.18 Å². The molecule has 2 aromatic heterocycles. The van der Waals surface area contributed by atoms with Gasteiger partial charge in [0.25, 0.3) is 0 Å². The monoisotopic (exact) mass is 342 g/mol. The summed E-state index contributed by atoms with van der Waals surface area (Å²) < 4.78 is 40.8. The van der Waals surface area contributed by atoms with Crippen LogP contribution in [0.5, 0.6) is 0 Å². The molecular weight excluding hydrogens is 337 g/mol. The van der Waals surface area contributed by atoms with Crippen molar-refractivity contribution >= 4 is 21.6 Å². The molecule has 0 aliphatic carbocycles. The van der Waals surface area contributed by atoms with Crippen molar-refractivity contribution in [3.8, 4) is 11.3 Å². The van der Waals surface area contributed by atoms with Crippen LogP contribution in [0.2, 0.25) is 0 Å². The molecule has 3 aromatic rings. The number of hydrogen-bond donors (Lipinski definition) is 0. The molecule has 0 aliphatic heterocycles. The summed E-state index contributed by atoms with van der Waals surface area (Å²) in [5.41, 5.74) is -0.375. The fourth-order valence-corrected chi connectivity index (χ4v) is 2.26. The van der Waals surface area contributed by atoms with Crippen LogP contribution in [0.4, 0.5) is 13.2 Å². The predicted molar refractivity (Wildman–Crippen MR) is 68.9 cm³/mol. The average Bonchev–Trinajstić information content (AvgIpc) is 2.77. The maximum Gasteiger partial charge on any atom is 0.417 e. The van der Waals surface area contributed by atoms with Gasteiger partial charge in [0.05, 0.1) is 5.56 Å². The SMILES string of the molecule is FC(F)(F)c1ccccc1-c1nccn2nc(Br)nc12. The largest absolute Gasteiger partial charge is 0.417 e. The summed E-state index contributed by atoms with van der Waals surface area (Å²) in [4.78, 5) is 8.07. The van der Waals surface area contributed by atoms with Gasteiger partial charge in [-0.2, -0.15) is 18.2 Å². The zero-order valence-corrected chi connectivity index (χ0v) is 11.4. The molecule has 0 bridgehead atoms. The van der Waals surface area contributed by atoms with E-state index in [-0.39, 0.29) is 21.6 Å². The van der Waals surface area contributed by atoms with Gasteiger partial charge in [-0.25, -0.2) is 4.52 Å². The number of alkyl halides is 3. The van der Waals surface area contributed by atoms with Gasteiger partial charge in [0, 0.05) is 18.0 Å². The predicted octanol–water partition coefficient (Wildman–Crippen LogP) is 3.57. The second kappa shape index (κ2) is 4.55. The first kappa shape index (κ1) is 13.0. The molecule has 0 atom stereocenters. The number of aromatic nitrogens is 4. The minimum Gasteiger partial charge on any atom is -0.251 e. The Labute approximate surface area is 119 Å². The lowest BCUT2D eigenvalue weighted by atomic mass is 10.0. The second-order valence-corrected chi connectivity index (χ2v) is 4.68. The maximum atomic E-state index is 13.1. The molecule has 1 aromatic carbocycles. The summed E-state index contributed by atoms with van der Waals surface area (Å²) in [6, 6.07) is 5.26. The van der Waals surface area contributed by atoms with Gasteiger partial charge in [-0.05, 0) is 22.0 Å². The Hall–Kier alpha value is -1.96. The van der Waals surface area contributed by atoms with Crippen LogP contribution in [0.1, 0.15) is 5.56 Å². The standard InChI is InChI=1S/C12H6BrF3N4/c13-11-18-10-9(17-5-6-20(10)19-11)7-3-1-2-4-8(7)12(14,15)16/h1-6H. The summed E-state index contributed by atoms with van der Waals surface area (Å²) >= 11 is 3.10. The van der Waals surface area contributed by atoms with Gasteiger partial charge < -0.3 is 0 Å². The first-order valence-electron chi connectivity index (χ1n) is 5.50. The van der Waals surface area contributed by atoms with E-state index in [2.05, 4.69) is 31.0 Å². The molecule has 0 unspecified atom stereocenters. The van der Waals surface area contributed by atoms with Crippen LogP contribution in [-0.2, 0) is 6.18 Å². The highest BCUT2D eigenvalue weighted by Gasteiger charge is 2.34. The van der Waals surface area contributed by atoms with Crippen LogP contribution < -0.4 is 0 Å². The Balaban J connectivity index is 2.32. The Morgan fingerprint density at radius 1 is 1.15 bits per heavy atom. The Kier molecular flexibility index (Phi) is 2.97. The normalized spacial score (nSPS) is 12.0. The van der Waals surface area contributed by atoms with Gasteiger partial charge in [0.2, 0.25) is 4.73 Å². The first-order chi connectivity index (χ1) is 9.47. The van der Waals surface area contributed by atoms with E-state index in [0.29, 0.717) is 0 Å². The fraction of sp³-hybridized carbons (Fsp3) is 0.0833. The van der Waals surface area contributed by atoms with Crippen molar-refractivity contribution in [3.05, 3.63) is 47.0 Å². The second-order valence-electron chi connectivity index (χ2n) is 3.97. The molecule has 0 fully saturated rings. The molecular formula is C12H6BrF3N4. The first-order valence-corrected chi connectivity index (χ1v) is 6.29. The van der Waals surface area contributed by atoms with E-state index < -0.39 is 11.7 Å². The van der Waals surface area contributed by atoms with Crippen molar-refractivity contribution < 1.29 is 13.2 Å². The van der Waals surface area contributed by atoms with Gasteiger partial charge in [-0.3, -0.25) is 4.98 Å². The zero-order chi connectivity index (χ0) is 14.3. The van der Waals surface area contributed by atoms with E-state index in [1.165, 1.54) is 35.1 Å². The van der Waals surface area contributed by atoms with Crippen LogP contribution >= 0.6 is 15.9 Å². The van der Waals surface area contributed by atoms with Crippen LogP contribution in [0.25, 0.3) is 16.9 Å². The topological polar surface area (TPSA) is 43.1 Å². The number of benzene rings is 1. The van der Waals surface area contributed by atoms with Crippen LogP contribution in [0, 0.1) is 0 Å². The Bertz CT molecular complexity index is 782. The lowest BCUT2D eigenvalue weighted by Gasteiger charge is -2.12. The minimum atomic E-state index is -4.46. The van der Waals surface area contributed by atoms with Crippen molar-refractivity contribution in [1.82, 2.24) is 19.6 Å². The van der Waals surface area contributed by atoms with E-state index in [4.69, 9.17) is 0 Å². The number of fused-ring (bicyclic) bond motifs is 1. The third-order valence-corrected chi connectivity index (χ3v) is 3.05. The lowest BCUT2D eigenvalue weighted by Crippen LogP contribution is -2.08. The van der Waals surface area contributed by atoms with Crippen LogP contribution in [-0.4, -0.2) is 19.6 Å². The summed E-state index contributed by atoms with van der Waals surface area (Å²) in [5.74, 6) is 0. The zero-order valence-electron chi connectivity index (χ0n) is 9.76. The quantitative estimate of drug-likeness (QED) is 0.678. The average molecular weight is 343 g/mol. The number of hydrogen-bond acceptors (Lipinski definition) is 3. The summed E-state index contributed by atoms with van der Waals surface area (Å²) in [6.07, 6.45) is -1.55. The fourth-order valence-electron chi connectivity index (χ4n) is 1.92. The molecule has 3 rings (SSSR count). The maximum absolute atomic E-state index is 13.1. The molecule has 0 radical (unpaired) electrons. The van der Waals surface area contributed by atoms with Crippen molar-refractivity contribution in [2.24, 2.45) is 0 Å². The molecule has 8 heteroatoms. The van der Waals surface area contributed by atoms with E-state index in [0.717, 1.165) is 6.07 Å². The van der Waals surface area contributed by atoms with Gasteiger partial charge in [-0.1, -0.05) is 18.2 Å². The van der Waals surface area contributed by atoms with Gasteiger partial charge in [0.1, 0.15) is 5.69 Å². The molecule has 0 saturated carbocycles. The Morgan fingerprint density at radius 2 is 1.90 bits per heavy atom. The van der Waals surface area contributed by atoms with Crippen LogP contribution in [0.15, 0.2) is 41.4 Å². The van der Waals surface area contributed by atoms with E-state index in [9.17, 15) is 13.2 Å². The van der Waals surface area contributed by atoms with E-state index >= 15 is 0 Å². The third kappa shape index (κ3) is 2.15. The van der Waals surface area contributed by atoms with Crippen molar-refractivity contribution in [2.75, 3.05) is 0 Å². The van der Waals surface area contributed by atoms with Crippen molar-refractivity contribution in [2.45, 2.75) is 6.18 Å². The number of nitrogens with zero attached hydrogens (tertiary/aromatic N) is 4. The smallest absolute Gasteiger partial charge is 0.251 e. The summed E-state index contributed by atoms with van der Waals surface area (Å²) in [7, 11) is 0. The number of halogens is 4. The third-order valence-electron chi connectivity index (χ3n) is 2.72. The van der Waals surface area contributed by atoms with Crippen molar-refractivity contribution in [3.63, 3.8) is 0 Å². The highest BCUT2D eigenvalue weighted by atomic mass is 79.9. The molecule has 0 amide bonds. The van der Waals surface area contributed by atoms with Crippen molar-refractivity contribution in [1.29, 1.82) is 0 Å². The molecule has 0 N–H and O–H groups in total. The van der Waals surface area contributed by atoms with Gasteiger partial charge in [0.15, 0.2) is 5.65 Å². The molecule has 0 saturated heterocycles. The molecule has 4 nitrogen and oxygen atoms in total. The van der Waals surface area contributed by atoms with Gasteiger partial charge in [-0.15, -0.1) is 5.10 Å². The molecule has 0 spiro atoms. The molecule has 2 heterocycles. The molecule has 102 valence electrons. The summed E-state index contributed by atoms with van der Waals surface area (Å²) in [6.45, 7) is 0. The lowest BCUT2D eigenvalue weighted by molar-refractivity contribution is -0.137. The van der Waals surface area contributed by atoms with E-state index in [1.54, 1.807) is 0 Å². The van der Waals surface area contributed by atoms with Crippen LogP contribution in [0.3, 0.4) is 0 Å².